The van der Waals surface area contributed by atoms with Gasteiger partial charge in [-0.3, -0.25) is 9.69 Å². The Morgan fingerprint density at radius 1 is 1.35 bits per heavy atom. The monoisotopic (exact) mass is 275 g/mol. The number of carbonyl (C=O) groups is 1. The number of aliphatic carboxylic acids is 1. The maximum atomic E-state index is 11.2. The van der Waals surface area contributed by atoms with E-state index in [9.17, 15) is 9.90 Å². The van der Waals surface area contributed by atoms with E-state index < -0.39 is 5.97 Å². The topological polar surface area (TPSA) is 40.5 Å². The summed E-state index contributed by atoms with van der Waals surface area (Å²) in [6, 6.07) is 9.06. The molecule has 1 aliphatic heterocycles. The van der Waals surface area contributed by atoms with Gasteiger partial charge in [0.05, 0.1) is 5.92 Å². The van der Waals surface area contributed by atoms with Gasteiger partial charge in [-0.2, -0.15) is 0 Å². The van der Waals surface area contributed by atoms with Crippen LogP contribution in [0, 0.1) is 11.8 Å². The van der Waals surface area contributed by atoms with Gasteiger partial charge in [0.15, 0.2) is 0 Å². The normalized spacial score (nSPS) is 24.8. The van der Waals surface area contributed by atoms with Crippen LogP contribution in [0.4, 0.5) is 0 Å². The largest absolute Gasteiger partial charge is 0.481 e. The molecule has 0 aliphatic carbocycles. The number of nitrogens with zero attached hydrogens (tertiary/aromatic N) is 1. The number of carboxylic acids is 1. The maximum absolute atomic E-state index is 11.2. The first kappa shape index (κ1) is 15.0. The van der Waals surface area contributed by atoms with Crippen molar-refractivity contribution in [3.8, 4) is 0 Å². The van der Waals surface area contributed by atoms with Gasteiger partial charge in [-0.05, 0) is 30.4 Å². The number of carboxylic acid groups (broad SMARTS) is 1. The van der Waals surface area contributed by atoms with Gasteiger partial charge in [-0.1, -0.05) is 44.5 Å². The summed E-state index contributed by atoms with van der Waals surface area (Å²) in [4.78, 5) is 13.5. The van der Waals surface area contributed by atoms with E-state index >= 15 is 0 Å². The molecule has 1 unspecified atom stereocenters. The van der Waals surface area contributed by atoms with Crippen molar-refractivity contribution in [2.24, 2.45) is 11.8 Å². The van der Waals surface area contributed by atoms with Gasteiger partial charge in [0.1, 0.15) is 0 Å². The number of rotatable bonds is 5. The molecule has 1 fully saturated rings. The summed E-state index contributed by atoms with van der Waals surface area (Å²) in [7, 11) is 0. The molecule has 1 aromatic carbocycles. The first-order valence-electron chi connectivity index (χ1n) is 7.58. The number of hydrogen-bond acceptors (Lipinski definition) is 2. The summed E-state index contributed by atoms with van der Waals surface area (Å²) in [6.07, 6.45) is 2.29. The molecular formula is C17H25NO2. The Labute approximate surface area is 121 Å². The Morgan fingerprint density at radius 2 is 2.00 bits per heavy atom. The molecule has 0 spiro atoms. The second-order valence-electron chi connectivity index (χ2n) is 6.04. The summed E-state index contributed by atoms with van der Waals surface area (Å²) in [5.74, 6) is -0.656. The van der Waals surface area contributed by atoms with Crippen LogP contribution in [-0.2, 0) is 11.2 Å². The minimum atomic E-state index is -0.662. The lowest BCUT2D eigenvalue weighted by molar-refractivity contribution is -0.142. The predicted octanol–water partition coefficient (Wildman–Crippen LogP) is 3.35. The van der Waals surface area contributed by atoms with Crippen LogP contribution >= 0.6 is 0 Å². The molecule has 0 saturated carbocycles. The molecule has 0 bridgehead atoms. The highest BCUT2D eigenvalue weighted by Crippen LogP contribution is 2.31. The predicted molar refractivity (Wildman–Crippen MR) is 80.7 cm³/mol. The lowest BCUT2D eigenvalue weighted by Gasteiger charge is -2.24. The van der Waals surface area contributed by atoms with Crippen LogP contribution < -0.4 is 0 Å². The molecule has 1 saturated heterocycles. The average Bonchev–Trinajstić information content (AvgIpc) is 2.81. The van der Waals surface area contributed by atoms with Crippen LogP contribution in [0.3, 0.4) is 0 Å². The van der Waals surface area contributed by atoms with Gasteiger partial charge in [-0.15, -0.1) is 0 Å². The average molecular weight is 275 g/mol. The molecule has 3 atom stereocenters. The fourth-order valence-corrected chi connectivity index (χ4v) is 3.10. The minimum absolute atomic E-state index is 0.225. The van der Waals surface area contributed by atoms with Crippen LogP contribution in [0.15, 0.2) is 24.3 Å². The zero-order valence-electron chi connectivity index (χ0n) is 12.7. The van der Waals surface area contributed by atoms with Gasteiger partial charge >= 0.3 is 5.97 Å². The second kappa shape index (κ2) is 6.40. The Kier molecular flexibility index (Phi) is 4.81. The zero-order chi connectivity index (χ0) is 14.7. The fourth-order valence-electron chi connectivity index (χ4n) is 3.10. The summed E-state index contributed by atoms with van der Waals surface area (Å²) in [6.45, 7) is 7.93. The van der Waals surface area contributed by atoms with Crippen molar-refractivity contribution in [3.63, 3.8) is 0 Å². The number of hydrogen-bond donors (Lipinski definition) is 1. The molecular weight excluding hydrogens is 250 g/mol. The van der Waals surface area contributed by atoms with Gasteiger partial charge in [0.25, 0.3) is 0 Å². The molecule has 20 heavy (non-hydrogen) atoms. The molecule has 0 aromatic heterocycles. The van der Waals surface area contributed by atoms with Gasteiger partial charge in [0.2, 0.25) is 0 Å². The molecule has 1 aliphatic rings. The van der Waals surface area contributed by atoms with E-state index in [4.69, 9.17) is 0 Å². The lowest BCUT2D eigenvalue weighted by Crippen LogP contribution is -2.26. The molecule has 110 valence electrons. The second-order valence-corrected chi connectivity index (χ2v) is 6.04. The van der Waals surface area contributed by atoms with Gasteiger partial charge in [0, 0.05) is 19.1 Å². The quantitative estimate of drug-likeness (QED) is 0.896. The Hall–Kier alpha value is -1.35. The van der Waals surface area contributed by atoms with E-state index in [1.54, 1.807) is 0 Å². The van der Waals surface area contributed by atoms with Crippen LogP contribution in [0.1, 0.15) is 44.4 Å². The van der Waals surface area contributed by atoms with Crippen molar-refractivity contribution in [2.45, 2.75) is 39.7 Å². The molecule has 3 heteroatoms. The van der Waals surface area contributed by atoms with Crippen molar-refractivity contribution in [2.75, 3.05) is 13.1 Å². The van der Waals surface area contributed by atoms with Crippen molar-refractivity contribution in [3.05, 3.63) is 35.4 Å². The maximum Gasteiger partial charge on any atom is 0.308 e. The summed E-state index contributed by atoms with van der Waals surface area (Å²) in [5, 5.41) is 9.22. The molecule has 1 heterocycles. The Morgan fingerprint density at radius 3 is 2.50 bits per heavy atom. The third kappa shape index (κ3) is 3.21. The van der Waals surface area contributed by atoms with Gasteiger partial charge < -0.3 is 5.11 Å². The first-order valence-corrected chi connectivity index (χ1v) is 7.58. The third-order valence-corrected chi connectivity index (χ3v) is 4.51. The van der Waals surface area contributed by atoms with Crippen molar-refractivity contribution in [1.82, 2.24) is 4.90 Å². The van der Waals surface area contributed by atoms with Crippen LogP contribution in [0.25, 0.3) is 0 Å². The summed E-state index contributed by atoms with van der Waals surface area (Å²) < 4.78 is 0. The van der Waals surface area contributed by atoms with E-state index in [-0.39, 0.29) is 17.9 Å². The van der Waals surface area contributed by atoms with Crippen molar-refractivity contribution >= 4 is 5.97 Å². The van der Waals surface area contributed by atoms with E-state index in [1.807, 2.05) is 6.92 Å². The van der Waals surface area contributed by atoms with E-state index in [2.05, 4.69) is 43.0 Å². The first-order chi connectivity index (χ1) is 9.52. The van der Waals surface area contributed by atoms with Gasteiger partial charge in [-0.25, -0.2) is 0 Å². The zero-order valence-corrected chi connectivity index (χ0v) is 12.7. The highest BCUT2D eigenvalue weighted by atomic mass is 16.4. The molecule has 0 radical (unpaired) electrons. The van der Waals surface area contributed by atoms with E-state index in [1.165, 1.54) is 17.5 Å². The van der Waals surface area contributed by atoms with Crippen molar-refractivity contribution < 1.29 is 9.90 Å². The van der Waals surface area contributed by atoms with Crippen LogP contribution in [-0.4, -0.2) is 29.1 Å². The molecule has 1 N–H and O–H groups in total. The lowest BCUT2D eigenvalue weighted by atomic mass is 9.99. The number of likely N-dealkylation sites (tertiary alicyclic amines) is 1. The van der Waals surface area contributed by atoms with Crippen LogP contribution in [0.5, 0.6) is 0 Å². The minimum Gasteiger partial charge on any atom is -0.481 e. The van der Waals surface area contributed by atoms with E-state index in [0.717, 1.165) is 13.0 Å². The molecule has 3 nitrogen and oxygen atoms in total. The Bertz CT molecular complexity index is 455. The smallest absolute Gasteiger partial charge is 0.308 e. The molecule has 2 rings (SSSR count). The van der Waals surface area contributed by atoms with Crippen LogP contribution in [0.2, 0.25) is 0 Å². The molecule has 0 amide bonds. The highest BCUT2D eigenvalue weighted by Gasteiger charge is 2.36. The summed E-state index contributed by atoms with van der Waals surface area (Å²) in [5.41, 5.74) is 2.66. The van der Waals surface area contributed by atoms with Crippen molar-refractivity contribution in [1.29, 1.82) is 0 Å². The SMILES string of the molecule is CCCc1ccc(C(C)N2C[C@@H](C)[C@H](C(=O)O)C2)cc1. The highest BCUT2D eigenvalue weighted by molar-refractivity contribution is 5.71. The summed E-state index contributed by atoms with van der Waals surface area (Å²) >= 11 is 0. The Balaban J connectivity index is 2.04. The number of benzene rings is 1. The number of aryl methyl sites for hydroxylation is 1. The van der Waals surface area contributed by atoms with E-state index in [0.29, 0.717) is 6.54 Å². The molecule has 1 aromatic rings. The standard InChI is InChI=1S/C17H25NO2/c1-4-5-14-6-8-15(9-7-14)13(3)18-10-12(2)16(11-18)17(19)20/h6-9,12-13,16H,4-5,10-11H2,1-3H3,(H,19,20)/t12-,13?,16-/m1/s1. The fraction of sp³-hybridized carbons (Fsp3) is 0.588. The third-order valence-electron chi connectivity index (χ3n) is 4.51.